The smallest absolute Gasteiger partial charge is 0.260 e. The monoisotopic (exact) mass is 494 g/mol. The first-order valence-electron chi connectivity index (χ1n) is 13.0. The summed E-state index contributed by atoms with van der Waals surface area (Å²) in [7, 11) is 1.66. The minimum atomic E-state index is -0.174. The van der Waals surface area contributed by atoms with Gasteiger partial charge in [0.1, 0.15) is 11.5 Å². The maximum atomic E-state index is 13.0. The quantitative estimate of drug-likeness (QED) is 0.591. The van der Waals surface area contributed by atoms with Crippen molar-refractivity contribution in [2.75, 3.05) is 33.5 Å². The summed E-state index contributed by atoms with van der Waals surface area (Å²) in [4.78, 5) is 27.6. The average Bonchev–Trinajstić information content (AvgIpc) is 2.91. The van der Waals surface area contributed by atoms with Crippen LogP contribution in [-0.4, -0.2) is 62.3 Å². The van der Waals surface area contributed by atoms with Crippen molar-refractivity contribution < 1.29 is 23.8 Å². The van der Waals surface area contributed by atoms with Crippen LogP contribution in [0.1, 0.15) is 61.9 Å². The van der Waals surface area contributed by atoms with Gasteiger partial charge >= 0.3 is 0 Å². The highest BCUT2D eigenvalue weighted by Gasteiger charge is 2.35. The van der Waals surface area contributed by atoms with E-state index in [1.165, 1.54) is 5.56 Å². The third kappa shape index (κ3) is 6.01. The lowest BCUT2D eigenvalue weighted by atomic mass is 9.74. The average molecular weight is 495 g/mol. The van der Waals surface area contributed by atoms with Crippen molar-refractivity contribution in [1.29, 1.82) is 0 Å². The molecule has 2 amide bonds. The van der Waals surface area contributed by atoms with Gasteiger partial charge in [0.25, 0.3) is 11.8 Å². The van der Waals surface area contributed by atoms with Gasteiger partial charge in [-0.05, 0) is 87.9 Å². The van der Waals surface area contributed by atoms with Crippen molar-refractivity contribution in [3.05, 3.63) is 59.7 Å². The fourth-order valence-corrected chi connectivity index (χ4v) is 5.46. The van der Waals surface area contributed by atoms with Crippen LogP contribution >= 0.6 is 0 Å². The largest absolute Gasteiger partial charge is 0.497 e. The summed E-state index contributed by atoms with van der Waals surface area (Å²) >= 11 is 0. The summed E-state index contributed by atoms with van der Waals surface area (Å²) in [6, 6.07) is 15.5. The molecule has 4 rings (SSSR count). The van der Waals surface area contributed by atoms with Gasteiger partial charge in [0, 0.05) is 42.8 Å². The van der Waals surface area contributed by atoms with Crippen LogP contribution in [0.15, 0.2) is 48.5 Å². The maximum absolute atomic E-state index is 13.0. The molecule has 7 nitrogen and oxygen atoms in total. The molecule has 2 unspecified atom stereocenters. The summed E-state index contributed by atoms with van der Waals surface area (Å²) in [6.07, 6.45) is 4.91. The number of carbonyl (C=O) groups is 2. The molecule has 2 fully saturated rings. The summed E-state index contributed by atoms with van der Waals surface area (Å²) in [6.45, 7) is 6.07. The maximum Gasteiger partial charge on any atom is 0.260 e. The van der Waals surface area contributed by atoms with Crippen molar-refractivity contribution in [3.8, 4) is 11.5 Å². The minimum absolute atomic E-state index is 0.00662. The number of piperidine rings is 1. The highest BCUT2D eigenvalue weighted by Crippen LogP contribution is 2.35. The molecule has 0 spiro atoms. The van der Waals surface area contributed by atoms with Gasteiger partial charge in [-0.15, -0.1) is 0 Å². The van der Waals surface area contributed by atoms with Crippen molar-refractivity contribution in [1.82, 2.24) is 10.2 Å². The second-order valence-electron chi connectivity index (χ2n) is 10.0. The van der Waals surface area contributed by atoms with E-state index in [0.29, 0.717) is 31.1 Å². The van der Waals surface area contributed by atoms with Crippen LogP contribution in [0.3, 0.4) is 0 Å². The van der Waals surface area contributed by atoms with Crippen LogP contribution < -0.4 is 14.8 Å². The molecule has 2 atom stereocenters. The van der Waals surface area contributed by atoms with Gasteiger partial charge in [-0.25, -0.2) is 0 Å². The van der Waals surface area contributed by atoms with E-state index in [4.69, 9.17) is 14.2 Å². The molecule has 0 saturated carbocycles. The normalized spacial score (nSPS) is 21.5. The number of nitrogens with zero attached hydrogens (tertiary/aromatic N) is 1. The van der Waals surface area contributed by atoms with Crippen LogP contribution in [0.5, 0.6) is 11.5 Å². The zero-order valence-corrected chi connectivity index (χ0v) is 21.6. The molecule has 0 bridgehead atoms. The van der Waals surface area contributed by atoms with Crippen LogP contribution in [0.25, 0.3) is 0 Å². The summed E-state index contributed by atoms with van der Waals surface area (Å²) in [5, 5.41) is 3.13. The first-order valence-corrected chi connectivity index (χ1v) is 13.0. The van der Waals surface area contributed by atoms with E-state index in [1.807, 2.05) is 17.0 Å². The predicted molar refractivity (Wildman–Crippen MR) is 139 cm³/mol. The van der Waals surface area contributed by atoms with Crippen molar-refractivity contribution in [2.45, 2.75) is 63.5 Å². The SMILES string of the molecule is COc1ccc(C2(CNC(=O)c3ccc(OCC(=O)N4C(C)CCCC4C)cc3)CCOCC2)cc1. The standard InChI is InChI=1S/C29H38N2O5/c1-21-5-4-6-22(2)31(21)27(32)19-36-26-11-7-23(8-12-26)28(33)30-20-29(15-17-35-18-16-29)24-9-13-25(34-3)14-10-24/h7-14,21-22H,4-6,15-20H2,1-3H3,(H,30,33). The van der Waals surface area contributed by atoms with Crippen molar-refractivity contribution in [2.24, 2.45) is 0 Å². The van der Waals surface area contributed by atoms with Crippen LogP contribution in [0.2, 0.25) is 0 Å². The molecular weight excluding hydrogens is 456 g/mol. The van der Waals surface area contributed by atoms with Gasteiger partial charge in [0.15, 0.2) is 6.61 Å². The number of benzene rings is 2. The first kappa shape index (κ1) is 26.0. The number of carbonyl (C=O) groups excluding carboxylic acids is 2. The Labute approximate surface area is 214 Å². The molecule has 2 aliphatic heterocycles. The van der Waals surface area contributed by atoms with E-state index in [2.05, 4.69) is 31.3 Å². The Morgan fingerprint density at radius 2 is 1.58 bits per heavy atom. The van der Waals surface area contributed by atoms with Crippen LogP contribution in [-0.2, 0) is 14.9 Å². The molecule has 194 valence electrons. The van der Waals surface area contributed by atoms with Crippen molar-refractivity contribution >= 4 is 11.8 Å². The van der Waals surface area contributed by atoms with Gasteiger partial charge < -0.3 is 24.4 Å². The minimum Gasteiger partial charge on any atom is -0.497 e. The molecule has 0 aliphatic carbocycles. The molecule has 2 aliphatic rings. The van der Waals surface area contributed by atoms with Gasteiger partial charge in [-0.3, -0.25) is 9.59 Å². The third-order valence-corrected chi connectivity index (χ3v) is 7.70. The molecule has 2 aromatic rings. The molecular formula is C29H38N2O5. The Bertz CT molecular complexity index is 1000. The van der Waals surface area contributed by atoms with Gasteiger partial charge in [0.05, 0.1) is 7.11 Å². The topological polar surface area (TPSA) is 77.1 Å². The molecule has 0 radical (unpaired) electrons. The number of hydrogen-bond acceptors (Lipinski definition) is 5. The van der Waals surface area contributed by atoms with E-state index in [1.54, 1.807) is 31.4 Å². The van der Waals surface area contributed by atoms with Gasteiger partial charge in [-0.1, -0.05) is 12.1 Å². The Morgan fingerprint density at radius 3 is 2.19 bits per heavy atom. The zero-order chi connectivity index (χ0) is 25.5. The van der Waals surface area contributed by atoms with E-state index in [-0.39, 0.29) is 35.9 Å². The molecule has 2 aromatic carbocycles. The van der Waals surface area contributed by atoms with E-state index < -0.39 is 0 Å². The molecule has 7 heteroatoms. The Balaban J connectivity index is 1.34. The fraction of sp³-hybridized carbons (Fsp3) is 0.517. The second kappa shape index (κ2) is 11.8. The highest BCUT2D eigenvalue weighted by atomic mass is 16.5. The fourth-order valence-electron chi connectivity index (χ4n) is 5.46. The van der Waals surface area contributed by atoms with Gasteiger partial charge in [0.2, 0.25) is 0 Å². The molecule has 36 heavy (non-hydrogen) atoms. The lowest BCUT2D eigenvalue weighted by molar-refractivity contribution is -0.139. The van der Waals surface area contributed by atoms with E-state index >= 15 is 0 Å². The molecule has 1 N–H and O–H groups in total. The lowest BCUT2D eigenvalue weighted by Crippen LogP contribution is -2.49. The number of rotatable bonds is 8. The second-order valence-corrected chi connectivity index (χ2v) is 10.0. The number of methoxy groups -OCH3 is 1. The number of likely N-dealkylation sites (tertiary alicyclic amines) is 1. The summed E-state index contributed by atoms with van der Waals surface area (Å²) in [5.74, 6) is 1.27. The number of nitrogens with one attached hydrogen (secondary N) is 1. The molecule has 2 saturated heterocycles. The number of ether oxygens (including phenoxy) is 3. The molecule has 2 heterocycles. The summed E-state index contributed by atoms with van der Waals surface area (Å²) < 4.78 is 16.7. The molecule has 0 aromatic heterocycles. The Kier molecular flexibility index (Phi) is 8.52. The Hall–Kier alpha value is -3.06. The van der Waals surface area contributed by atoms with Crippen LogP contribution in [0, 0.1) is 0 Å². The number of amides is 2. The third-order valence-electron chi connectivity index (χ3n) is 7.70. The van der Waals surface area contributed by atoms with Gasteiger partial charge in [-0.2, -0.15) is 0 Å². The summed E-state index contributed by atoms with van der Waals surface area (Å²) in [5.41, 5.74) is 1.56. The Morgan fingerprint density at radius 1 is 0.972 bits per heavy atom. The van der Waals surface area contributed by atoms with E-state index in [9.17, 15) is 9.59 Å². The highest BCUT2D eigenvalue weighted by molar-refractivity contribution is 5.94. The zero-order valence-electron chi connectivity index (χ0n) is 21.6. The van der Waals surface area contributed by atoms with E-state index in [0.717, 1.165) is 37.9 Å². The predicted octanol–water partition coefficient (Wildman–Crippen LogP) is 4.34. The number of hydrogen-bond donors (Lipinski definition) is 1. The first-order chi connectivity index (χ1) is 17.4. The van der Waals surface area contributed by atoms with Crippen molar-refractivity contribution in [3.63, 3.8) is 0 Å². The van der Waals surface area contributed by atoms with Crippen LogP contribution in [0.4, 0.5) is 0 Å². The lowest BCUT2D eigenvalue weighted by Gasteiger charge is -2.39.